The normalized spacial score (nSPS) is 26.4. The molecule has 14 rings (SSSR count). The molecule has 680 valence electrons. The van der Waals surface area contributed by atoms with Gasteiger partial charge < -0.3 is 99.5 Å². The molecule has 2 amide bonds. The van der Waals surface area contributed by atoms with Crippen molar-refractivity contribution in [1.82, 2.24) is 4.90 Å². The molecule has 4 saturated heterocycles. The summed E-state index contributed by atoms with van der Waals surface area (Å²) in [7, 11) is 1.28. The number of fused-ring (bicyclic) bond motifs is 1. The summed E-state index contributed by atoms with van der Waals surface area (Å²) in [5.41, 5.74) is 6.11. The lowest BCUT2D eigenvalue weighted by Crippen LogP contribution is -2.70. The number of ether oxygens (including phenoxy) is 21. The number of rotatable bonds is 44. The van der Waals surface area contributed by atoms with Gasteiger partial charge in [-0.2, -0.15) is 0 Å². The van der Waals surface area contributed by atoms with E-state index in [2.05, 4.69) is 6.58 Å². The number of amides is 2. The zero-order valence-corrected chi connectivity index (χ0v) is 72.5. The second-order valence-electron chi connectivity index (χ2n) is 31.6. The van der Waals surface area contributed by atoms with E-state index in [-0.39, 0.29) is 83.8 Å². The number of carbonyl (C=O) groups is 6. The van der Waals surface area contributed by atoms with E-state index in [1.165, 1.54) is 25.3 Å². The Hall–Kier alpha value is -10.9. The molecule has 5 aliphatic rings. The van der Waals surface area contributed by atoms with Crippen LogP contribution in [0.15, 0.2) is 280 Å². The molecule has 0 unspecified atom stereocenters. The van der Waals surface area contributed by atoms with Crippen molar-refractivity contribution in [3.63, 3.8) is 0 Å². The fraction of sp³-hybridized carbons (Fsp3) is 0.386. The molecule has 28 heteroatoms. The lowest BCUT2D eigenvalue weighted by Gasteiger charge is -2.52. The highest BCUT2D eigenvalue weighted by Crippen LogP contribution is 2.43. The van der Waals surface area contributed by atoms with E-state index >= 15 is 9.59 Å². The zero-order chi connectivity index (χ0) is 89.8. The summed E-state index contributed by atoms with van der Waals surface area (Å²) in [6, 6.07) is 80.0. The van der Waals surface area contributed by atoms with Crippen molar-refractivity contribution in [2.45, 2.75) is 209 Å². The van der Waals surface area contributed by atoms with Crippen LogP contribution in [-0.2, 0) is 172 Å². The quantitative estimate of drug-likeness (QED) is 0.0148. The first kappa shape index (κ1) is 94.2. The average molecular weight is 1770 g/mol. The lowest BCUT2D eigenvalue weighted by atomic mass is 9.93. The third-order valence-electron chi connectivity index (χ3n) is 22.3. The van der Waals surface area contributed by atoms with Gasteiger partial charge in [0.15, 0.2) is 43.5 Å². The van der Waals surface area contributed by atoms with Crippen LogP contribution in [0.25, 0.3) is 0 Å². The number of hydrogen-bond donors (Lipinski definition) is 0. The first-order valence-corrected chi connectivity index (χ1v) is 43.2. The SMILES string of the molecule is C=CCO[C@H]1O[C@H](COCc2ccccc2)[C@H](O[C@H]2O[C@H](CO[C@@H]3O[C@H](COCc4ccccc4)[C@@H](O[C@H](C)C(=O)OC)[C@H](OCc4ccccc4)[C@H]3OCc3ccccc3)[C@@H](OCc3ccccc3)[C@H](OCc3ccccc3)[C@H]2OCc2ccccc2)[C@H](O[C@@H]2O[C@H](COC(C)=O)[C@H](OC(C)=O)[C@H](OC(C)=O)[C@H]2N2C(=O)c3ccccc3C2=O)[C@H]1OCc1ccccc1. The summed E-state index contributed by atoms with van der Waals surface area (Å²) in [5.74, 6) is -5.03. The van der Waals surface area contributed by atoms with Crippen molar-refractivity contribution in [3.8, 4) is 0 Å². The van der Waals surface area contributed by atoms with Crippen LogP contribution >= 0.6 is 0 Å². The molecule has 0 aromatic heterocycles. The molecule has 0 radical (unpaired) electrons. The Morgan fingerprint density at radius 2 is 0.667 bits per heavy atom. The van der Waals surface area contributed by atoms with Gasteiger partial charge in [0.25, 0.3) is 11.8 Å². The van der Waals surface area contributed by atoms with Crippen LogP contribution < -0.4 is 0 Å². The third-order valence-corrected chi connectivity index (χ3v) is 22.3. The molecule has 129 heavy (non-hydrogen) atoms. The Morgan fingerprint density at radius 1 is 0.341 bits per heavy atom. The van der Waals surface area contributed by atoms with Gasteiger partial charge in [0.05, 0.1) is 97.5 Å². The van der Waals surface area contributed by atoms with Crippen LogP contribution in [0.5, 0.6) is 0 Å². The van der Waals surface area contributed by atoms with Gasteiger partial charge in [0, 0.05) is 20.8 Å². The number of esters is 4. The van der Waals surface area contributed by atoms with Crippen LogP contribution in [0.2, 0.25) is 0 Å². The van der Waals surface area contributed by atoms with E-state index in [0.717, 1.165) is 64.6 Å². The largest absolute Gasteiger partial charge is 0.467 e. The first-order valence-electron chi connectivity index (χ1n) is 43.2. The molecule has 9 aromatic rings. The summed E-state index contributed by atoms with van der Waals surface area (Å²) in [6.07, 6.45) is -27.2. The summed E-state index contributed by atoms with van der Waals surface area (Å²) in [4.78, 5) is 86.1. The van der Waals surface area contributed by atoms with Crippen molar-refractivity contribution < 1.29 is 128 Å². The Kier molecular flexibility index (Phi) is 34.7. The van der Waals surface area contributed by atoms with E-state index in [4.69, 9.17) is 99.5 Å². The summed E-state index contributed by atoms with van der Waals surface area (Å²) in [6.45, 7) is 7.10. The van der Waals surface area contributed by atoms with Crippen LogP contribution in [0.3, 0.4) is 0 Å². The van der Waals surface area contributed by atoms with Crippen molar-refractivity contribution >= 4 is 35.7 Å². The molecule has 28 nitrogen and oxygen atoms in total. The fourth-order valence-electron chi connectivity index (χ4n) is 16.2. The molecule has 0 saturated carbocycles. The number of hydrogen-bond acceptors (Lipinski definition) is 27. The molecular formula is C101H109NO27. The molecule has 5 aliphatic heterocycles. The van der Waals surface area contributed by atoms with E-state index in [1.54, 1.807) is 19.1 Å². The van der Waals surface area contributed by atoms with Crippen molar-refractivity contribution in [3.05, 3.63) is 335 Å². The molecule has 4 fully saturated rings. The van der Waals surface area contributed by atoms with Crippen LogP contribution in [0.1, 0.15) is 92.9 Å². The highest BCUT2D eigenvalue weighted by molar-refractivity contribution is 6.21. The molecule has 9 aromatic carbocycles. The minimum atomic E-state index is -2.02. The van der Waals surface area contributed by atoms with Crippen LogP contribution in [-0.4, -0.2) is 210 Å². The van der Waals surface area contributed by atoms with E-state index in [9.17, 15) is 19.2 Å². The fourth-order valence-corrected chi connectivity index (χ4v) is 16.2. The number of imide groups is 1. The van der Waals surface area contributed by atoms with Gasteiger partial charge in [-0.3, -0.25) is 28.9 Å². The minimum Gasteiger partial charge on any atom is -0.467 e. The zero-order valence-electron chi connectivity index (χ0n) is 72.5. The molecule has 5 heterocycles. The van der Waals surface area contributed by atoms with Gasteiger partial charge in [0.2, 0.25) is 0 Å². The monoisotopic (exact) mass is 1770 g/mol. The maximum atomic E-state index is 15.5. The number of carbonyl (C=O) groups excluding carboxylic acids is 6. The summed E-state index contributed by atoms with van der Waals surface area (Å²) in [5, 5.41) is 0. The molecule has 21 atom stereocenters. The highest BCUT2D eigenvalue weighted by atomic mass is 16.8. The van der Waals surface area contributed by atoms with E-state index in [0.29, 0.717) is 5.56 Å². The lowest BCUT2D eigenvalue weighted by molar-refractivity contribution is -0.395. The number of methoxy groups -OCH3 is 1. The smallest absolute Gasteiger partial charge is 0.334 e. The third kappa shape index (κ3) is 25.6. The standard InChI is InChI=1S/C101H109NO27/c1-7-52-112-99-94(119-60-76-48-30-15-31-49-76)91(129-98-83(102-95(106)77-50-32-33-51-78(77)96(102)107)88(123-68(5)105)85(122-67(4)104)82(124-98)63-113-66(3)103)87(80(125-99)62-111-54-70-36-18-9-19-37-70)128-101-93(118-59-75-46-28-14-29-47-75)89(115-56-72-40-22-11-23-41-72)84(114-55-71-38-20-10-21-39-71)81(127-101)64-120-100-92(117-58-74-44-26-13-27-45-74)90(116-57-73-42-24-12-25-43-73)86(121-65(2)97(108)109-6)79(126-100)61-110-53-69-34-16-8-17-35-69/h7-51,65,79-94,98-101H,1,52-64H2,2-6H3/t65-,79-,80-,81-,82-,83-,84-,85+,86-,87+,88-,89+,90+,91+,92-,93-,94-,98+,99+,100-,101-/m1/s1. The second kappa shape index (κ2) is 47.6. The van der Waals surface area contributed by atoms with Gasteiger partial charge in [-0.25, -0.2) is 4.79 Å². The second-order valence-corrected chi connectivity index (χ2v) is 31.6. The van der Waals surface area contributed by atoms with Gasteiger partial charge in [-0.15, -0.1) is 6.58 Å². The van der Waals surface area contributed by atoms with Crippen LogP contribution in [0.4, 0.5) is 0 Å². The van der Waals surface area contributed by atoms with Crippen molar-refractivity contribution in [2.75, 3.05) is 40.1 Å². The minimum absolute atomic E-state index is 0.00367. The topological polar surface area (TPSA) is 299 Å². The number of nitrogens with zero attached hydrogens (tertiary/aromatic N) is 1. The maximum absolute atomic E-state index is 15.5. The van der Waals surface area contributed by atoms with Gasteiger partial charge in [-0.1, -0.05) is 261 Å². The Bertz CT molecular complexity index is 4940. The number of benzene rings is 9. The molecule has 0 bridgehead atoms. The van der Waals surface area contributed by atoms with Gasteiger partial charge in [-0.05, 0) is 63.6 Å². The van der Waals surface area contributed by atoms with E-state index < -0.39 is 178 Å². The predicted octanol–water partition coefficient (Wildman–Crippen LogP) is 12.9. The Balaban J connectivity index is 0.948. The van der Waals surface area contributed by atoms with Crippen molar-refractivity contribution in [1.29, 1.82) is 0 Å². The van der Waals surface area contributed by atoms with Crippen molar-refractivity contribution in [2.24, 2.45) is 0 Å². The summed E-state index contributed by atoms with van der Waals surface area (Å²) < 4.78 is 146. The molecule has 0 N–H and O–H groups in total. The molecule has 0 spiro atoms. The Morgan fingerprint density at radius 3 is 1.08 bits per heavy atom. The Labute approximate surface area is 749 Å². The van der Waals surface area contributed by atoms with Crippen LogP contribution in [0, 0.1) is 0 Å². The average Bonchev–Trinajstić information content (AvgIpc) is 1.65. The highest BCUT2D eigenvalue weighted by Gasteiger charge is 2.62. The van der Waals surface area contributed by atoms with E-state index in [1.807, 2.05) is 243 Å². The molecule has 0 aliphatic carbocycles. The predicted molar refractivity (Wildman–Crippen MR) is 464 cm³/mol. The maximum Gasteiger partial charge on any atom is 0.334 e. The first-order chi connectivity index (χ1) is 63.0. The molecular weight excluding hydrogens is 1660 g/mol. The van der Waals surface area contributed by atoms with Gasteiger partial charge in [0.1, 0.15) is 92.0 Å². The van der Waals surface area contributed by atoms with Gasteiger partial charge >= 0.3 is 23.9 Å². The summed E-state index contributed by atoms with van der Waals surface area (Å²) >= 11 is 0.